The molecule has 0 aliphatic heterocycles. The van der Waals surface area contributed by atoms with E-state index in [1.165, 1.54) is 30.3 Å². The van der Waals surface area contributed by atoms with Crippen molar-refractivity contribution in [3.63, 3.8) is 0 Å². The summed E-state index contributed by atoms with van der Waals surface area (Å²) in [5.41, 5.74) is 9.92. The lowest BCUT2D eigenvalue weighted by Gasteiger charge is -2.19. The Kier molecular flexibility index (Phi) is 9.16. The number of aromatic amines is 1. The molecular formula is C34H41ClFN7O. The molecule has 4 aromatic rings. The average molecular weight is 618 g/mol. The van der Waals surface area contributed by atoms with E-state index in [0.29, 0.717) is 51.7 Å². The molecule has 2 atom stereocenters. The number of amidine groups is 1. The zero-order chi connectivity index (χ0) is 30.8. The Morgan fingerprint density at radius 1 is 1.14 bits per heavy atom. The van der Waals surface area contributed by atoms with Crippen LogP contribution >= 0.6 is 11.6 Å². The molecule has 0 spiro atoms. The van der Waals surface area contributed by atoms with Gasteiger partial charge in [0.05, 0.1) is 22.2 Å². The van der Waals surface area contributed by atoms with E-state index in [0.717, 1.165) is 49.9 Å². The van der Waals surface area contributed by atoms with E-state index < -0.39 is 11.5 Å². The van der Waals surface area contributed by atoms with E-state index in [1.54, 1.807) is 19.2 Å². The maximum absolute atomic E-state index is 15.2. The highest BCUT2D eigenvalue weighted by atomic mass is 35.5. The third-order valence-corrected chi connectivity index (χ3v) is 9.21. The third-order valence-electron chi connectivity index (χ3n) is 8.94. The smallest absolute Gasteiger partial charge is 0.354 e. The molecule has 2 aliphatic carbocycles. The molecule has 0 radical (unpaired) electrons. The Hall–Kier alpha value is -3.53. The van der Waals surface area contributed by atoms with Gasteiger partial charge in [0.2, 0.25) is 0 Å². The van der Waals surface area contributed by atoms with Gasteiger partial charge >= 0.3 is 5.69 Å². The molecule has 0 saturated heterocycles. The lowest BCUT2D eigenvalue weighted by atomic mass is 10.00. The number of benzene rings is 2. The van der Waals surface area contributed by atoms with Crippen LogP contribution in [0, 0.1) is 23.1 Å². The molecule has 232 valence electrons. The van der Waals surface area contributed by atoms with Gasteiger partial charge in [0.15, 0.2) is 5.82 Å². The van der Waals surface area contributed by atoms with Crippen LogP contribution in [0.15, 0.2) is 53.5 Å². The summed E-state index contributed by atoms with van der Waals surface area (Å²) in [7, 11) is 0. The number of hydrogen-bond donors (Lipinski definition) is 5. The van der Waals surface area contributed by atoms with Crippen molar-refractivity contribution in [2.24, 2.45) is 17.6 Å². The molecule has 2 fully saturated rings. The Labute approximate surface area is 262 Å². The van der Waals surface area contributed by atoms with E-state index in [9.17, 15) is 4.79 Å². The molecule has 44 heavy (non-hydrogen) atoms. The van der Waals surface area contributed by atoms with Crippen LogP contribution in [-0.2, 0) is 13.0 Å². The zero-order valence-electron chi connectivity index (χ0n) is 25.1. The number of nitrogens with one attached hydrogen (secondary N) is 4. The molecule has 2 aromatic carbocycles. The standard InChI is InChI=1S/C34H41ClFN7O/c1-20(37)39-14-13-30(24-9-10-24)40-18-21-5-11-26(12-6-21)43-19-25-17-31(41-33(25)42-34(43)44)27-15-22(16-28(35)32(27)36)3-2-4-29(38)23-7-8-23/h5-6,11-12,15-17,19,23-24,29-30,40H,2-4,7-10,13-14,18,38H2,1H3,(H2,37,39)(H,41,42,44). The van der Waals surface area contributed by atoms with Gasteiger partial charge in [0.1, 0.15) is 5.65 Å². The van der Waals surface area contributed by atoms with Gasteiger partial charge in [-0.1, -0.05) is 23.7 Å². The maximum atomic E-state index is 15.2. The highest BCUT2D eigenvalue weighted by molar-refractivity contribution is 6.31. The van der Waals surface area contributed by atoms with Crippen molar-refractivity contribution in [3.05, 3.63) is 81.1 Å². The lowest BCUT2D eigenvalue weighted by Crippen LogP contribution is -2.34. The van der Waals surface area contributed by atoms with Crippen molar-refractivity contribution in [2.45, 2.75) is 76.9 Å². The van der Waals surface area contributed by atoms with Gasteiger partial charge in [-0.05, 0) is 112 Å². The highest BCUT2D eigenvalue weighted by Crippen LogP contribution is 2.35. The first-order valence-electron chi connectivity index (χ1n) is 15.7. The molecular weight excluding hydrogens is 577 g/mol. The zero-order valence-corrected chi connectivity index (χ0v) is 25.9. The van der Waals surface area contributed by atoms with E-state index in [2.05, 4.69) is 20.6 Å². The van der Waals surface area contributed by atoms with Gasteiger partial charge in [-0.2, -0.15) is 4.98 Å². The Balaban J connectivity index is 1.15. The number of fused-ring (bicyclic) bond motifs is 1. The fourth-order valence-corrected chi connectivity index (χ4v) is 6.30. The number of nitrogens with two attached hydrogens (primary N) is 1. The predicted molar refractivity (Wildman–Crippen MR) is 175 cm³/mol. The molecule has 10 heteroatoms. The van der Waals surface area contributed by atoms with Crippen molar-refractivity contribution in [1.29, 1.82) is 5.41 Å². The summed E-state index contributed by atoms with van der Waals surface area (Å²) >= 11 is 6.31. The van der Waals surface area contributed by atoms with Gasteiger partial charge in [-0.25, -0.2) is 9.18 Å². The third kappa shape index (κ3) is 7.39. The van der Waals surface area contributed by atoms with Gasteiger partial charge < -0.3 is 21.4 Å². The van der Waals surface area contributed by atoms with Crippen molar-refractivity contribution in [3.8, 4) is 16.9 Å². The number of aromatic nitrogens is 3. The summed E-state index contributed by atoms with van der Waals surface area (Å²) in [6.45, 7) is 3.29. The summed E-state index contributed by atoms with van der Waals surface area (Å²) in [6.07, 6.45) is 10.3. The molecule has 0 amide bonds. The van der Waals surface area contributed by atoms with Crippen LogP contribution in [0.3, 0.4) is 0 Å². The molecule has 2 aliphatic rings. The molecule has 6 rings (SSSR count). The molecule has 2 saturated carbocycles. The van der Waals surface area contributed by atoms with E-state index >= 15 is 4.39 Å². The Morgan fingerprint density at radius 3 is 2.59 bits per heavy atom. The van der Waals surface area contributed by atoms with Crippen molar-refractivity contribution in [2.75, 3.05) is 6.54 Å². The predicted octanol–water partition coefficient (Wildman–Crippen LogP) is 6.08. The molecule has 2 heterocycles. The Morgan fingerprint density at radius 2 is 1.89 bits per heavy atom. The quantitative estimate of drug-likeness (QED) is 0.0867. The lowest BCUT2D eigenvalue weighted by molar-refractivity contribution is 0.432. The van der Waals surface area contributed by atoms with Crippen molar-refractivity contribution < 1.29 is 4.39 Å². The summed E-state index contributed by atoms with van der Waals surface area (Å²) in [5.74, 6) is 1.36. The second-order valence-corrected chi connectivity index (χ2v) is 13.0. The SMILES string of the molecule is CC(=N)NCCC(NCc1ccc(-n2cc3cc(-c4cc(CCCC(N)C5CC5)cc(Cl)c4F)[nH]c3nc2=O)cc1)C1CC1. The minimum Gasteiger partial charge on any atom is -0.374 e. The summed E-state index contributed by atoms with van der Waals surface area (Å²) in [6, 6.07) is 13.9. The highest BCUT2D eigenvalue weighted by Gasteiger charge is 2.30. The normalized spacial score (nSPS) is 16.3. The van der Waals surface area contributed by atoms with Crippen LogP contribution < -0.4 is 22.1 Å². The van der Waals surface area contributed by atoms with Gasteiger partial charge in [-0.15, -0.1) is 0 Å². The van der Waals surface area contributed by atoms with Crippen LogP contribution in [-0.4, -0.2) is 39.0 Å². The number of hydrogen-bond acceptors (Lipinski definition) is 5. The van der Waals surface area contributed by atoms with Crippen LogP contribution in [0.2, 0.25) is 5.02 Å². The number of rotatable bonds is 14. The Bertz CT molecular complexity index is 1690. The minimum atomic E-state index is -0.499. The van der Waals surface area contributed by atoms with E-state index in [1.807, 2.05) is 36.4 Å². The number of halogens is 2. The van der Waals surface area contributed by atoms with Gasteiger partial charge in [0.25, 0.3) is 0 Å². The molecule has 2 aromatic heterocycles. The number of H-pyrrole nitrogens is 1. The average Bonchev–Trinajstić information content (AvgIpc) is 3.93. The molecule has 8 nitrogen and oxygen atoms in total. The van der Waals surface area contributed by atoms with Crippen molar-refractivity contribution >= 4 is 28.5 Å². The van der Waals surface area contributed by atoms with E-state index in [4.69, 9.17) is 22.7 Å². The second kappa shape index (κ2) is 13.2. The topological polar surface area (TPSA) is 125 Å². The van der Waals surface area contributed by atoms with Gasteiger partial charge in [-0.3, -0.25) is 9.98 Å². The summed E-state index contributed by atoms with van der Waals surface area (Å²) < 4.78 is 16.7. The molecule has 0 bridgehead atoms. The monoisotopic (exact) mass is 617 g/mol. The minimum absolute atomic E-state index is 0.0753. The van der Waals surface area contributed by atoms with Crippen LogP contribution in [0.4, 0.5) is 4.39 Å². The molecule has 6 N–H and O–H groups in total. The first-order valence-corrected chi connectivity index (χ1v) is 16.1. The van der Waals surface area contributed by atoms with Crippen molar-refractivity contribution in [1.82, 2.24) is 25.2 Å². The summed E-state index contributed by atoms with van der Waals surface area (Å²) in [5, 5.41) is 15.1. The largest absolute Gasteiger partial charge is 0.374 e. The van der Waals surface area contributed by atoms with Crippen LogP contribution in [0.1, 0.15) is 63.0 Å². The van der Waals surface area contributed by atoms with Crippen LogP contribution in [0.5, 0.6) is 0 Å². The number of aryl methyl sites for hydroxylation is 1. The fraction of sp³-hybridized carbons (Fsp3) is 0.441. The maximum Gasteiger partial charge on any atom is 0.354 e. The molecule has 2 unspecified atom stereocenters. The summed E-state index contributed by atoms with van der Waals surface area (Å²) in [4.78, 5) is 20.4. The first-order chi connectivity index (χ1) is 21.2. The first kappa shape index (κ1) is 30.5. The fourth-order valence-electron chi connectivity index (χ4n) is 6.05. The van der Waals surface area contributed by atoms with Gasteiger partial charge in [0, 0.05) is 42.3 Å². The van der Waals surface area contributed by atoms with E-state index in [-0.39, 0.29) is 11.1 Å². The van der Waals surface area contributed by atoms with Crippen LogP contribution in [0.25, 0.3) is 28.0 Å². The second-order valence-electron chi connectivity index (χ2n) is 12.5. The number of nitrogens with zero attached hydrogens (tertiary/aromatic N) is 2.